The van der Waals surface area contributed by atoms with Gasteiger partial charge in [0, 0.05) is 12.1 Å². The van der Waals surface area contributed by atoms with E-state index in [-0.39, 0.29) is 29.9 Å². The van der Waals surface area contributed by atoms with E-state index >= 15 is 0 Å². The number of halogens is 8. The Morgan fingerprint density at radius 1 is 0.773 bits per heavy atom. The molecule has 0 bridgehead atoms. The third-order valence-corrected chi connectivity index (χ3v) is 8.85. The summed E-state index contributed by atoms with van der Waals surface area (Å²) >= 11 is 0. The zero-order valence-corrected chi connectivity index (χ0v) is 24.7. The second-order valence-electron chi connectivity index (χ2n) is 12.0. The Bertz CT molecular complexity index is 1260. The molecule has 2 aliphatic carbocycles. The van der Waals surface area contributed by atoms with Gasteiger partial charge in [-0.3, -0.25) is 0 Å². The van der Waals surface area contributed by atoms with Gasteiger partial charge in [-0.15, -0.1) is 0 Å². The van der Waals surface area contributed by atoms with E-state index in [0.717, 1.165) is 30.9 Å². The van der Waals surface area contributed by atoms with Gasteiger partial charge in [0.25, 0.3) is 0 Å². The van der Waals surface area contributed by atoms with Gasteiger partial charge in [0.2, 0.25) is 0 Å². The van der Waals surface area contributed by atoms with Crippen molar-refractivity contribution in [3.8, 4) is 11.5 Å². The van der Waals surface area contributed by atoms with Crippen LogP contribution in [-0.2, 0) is 6.11 Å². The molecule has 10 heteroatoms. The molecule has 0 atom stereocenters. The number of hydrogen-bond acceptors (Lipinski definition) is 2. The lowest BCUT2D eigenvalue weighted by Gasteiger charge is -2.29. The number of unbranched alkanes of at least 4 members (excludes halogenated alkanes) is 2. The molecule has 4 rings (SSSR count). The average molecular weight is 631 g/mol. The average Bonchev–Trinajstić information content (AvgIpc) is 2.96. The van der Waals surface area contributed by atoms with Crippen LogP contribution in [0.1, 0.15) is 101 Å². The summed E-state index contributed by atoms with van der Waals surface area (Å²) in [5.41, 5.74) is -1.45. The van der Waals surface area contributed by atoms with Crippen LogP contribution in [0.15, 0.2) is 48.8 Å². The first-order valence-corrected chi connectivity index (χ1v) is 15.4. The van der Waals surface area contributed by atoms with Gasteiger partial charge in [-0.25, -0.2) is 17.6 Å². The van der Waals surface area contributed by atoms with Gasteiger partial charge in [0.05, 0.1) is 0 Å². The number of rotatable bonds is 12. The molecule has 2 fully saturated rings. The number of hydrogen-bond donors (Lipinski definition) is 0. The van der Waals surface area contributed by atoms with E-state index in [2.05, 4.69) is 28.5 Å². The molecule has 0 amide bonds. The molecule has 2 aromatic carbocycles. The fraction of sp³-hybridized carbons (Fsp3) is 0.529. The molecule has 0 spiro atoms. The molecule has 2 nitrogen and oxygen atoms in total. The van der Waals surface area contributed by atoms with E-state index in [1.807, 2.05) is 0 Å². The molecule has 0 N–H and O–H groups in total. The Balaban J connectivity index is 1.34. The summed E-state index contributed by atoms with van der Waals surface area (Å²) in [5, 5.41) is 0. The number of ether oxygens (including phenoxy) is 2. The van der Waals surface area contributed by atoms with Gasteiger partial charge in [-0.2, -0.15) is 17.6 Å². The van der Waals surface area contributed by atoms with Crippen molar-refractivity contribution in [1.29, 1.82) is 0 Å². The Labute approximate surface area is 253 Å². The lowest BCUT2D eigenvalue weighted by Crippen LogP contribution is -2.26. The van der Waals surface area contributed by atoms with Crippen LogP contribution in [-0.4, -0.2) is 0 Å². The Morgan fingerprint density at radius 3 is 1.84 bits per heavy atom. The zero-order chi connectivity index (χ0) is 31.9. The number of benzene rings is 2. The summed E-state index contributed by atoms with van der Waals surface area (Å²) in [4.78, 5) is 0. The molecule has 0 heterocycles. The number of alkyl halides is 2. The van der Waals surface area contributed by atoms with Gasteiger partial charge in [0.15, 0.2) is 23.6 Å². The molecule has 0 aliphatic heterocycles. The predicted octanol–water partition coefficient (Wildman–Crippen LogP) is 11.7. The zero-order valence-electron chi connectivity index (χ0n) is 24.7. The van der Waals surface area contributed by atoms with Crippen LogP contribution >= 0.6 is 0 Å². The van der Waals surface area contributed by atoms with E-state index in [1.54, 1.807) is 0 Å². The maximum atomic E-state index is 14.9. The third kappa shape index (κ3) is 9.00. The van der Waals surface area contributed by atoms with Crippen LogP contribution in [0.3, 0.4) is 0 Å². The predicted molar refractivity (Wildman–Crippen MR) is 152 cm³/mol. The first-order valence-electron chi connectivity index (χ1n) is 15.4. The van der Waals surface area contributed by atoms with Crippen molar-refractivity contribution in [1.82, 2.24) is 0 Å². The van der Waals surface area contributed by atoms with Gasteiger partial charge >= 0.3 is 12.2 Å². The van der Waals surface area contributed by atoms with Gasteiger partial charge in [0.1, 0.15) is 22.9 Å². The maximum absolute atomic E-state index is 14.9. The first-order chi connectivity index (χ1) is 21.0. The minimum absolute atomic E-state index is 0.204. The quantitative estimate of drug-likeness (QED) is 0.101. The molecule has 2 aromatic rings. The third-order valence-electron chi connectivity index (χ3n) is 8.85. The second kappa shape index (κ2) is 15.3. The van der Waals surface area contributed by atoms with Crippen molar-refractivity contribution in [2.45, 2.75) is 96.0 Å². The maximum Gasteiger partial charge on any atom is 0.432 e. The molecular weight excluding hydrogens is 592 g/mol. The van der Waals surface area contributed by atoms with Crippen LogP contribution in [0.25, 0.3) is 0 Å². The topological polar surface area (TPSA) is 18.5 Å². The normalized spacial score (nSPS) is 22.7. The highest BCUT2D eigenvalue weighted by Gasteiger charge is 2.42. The molecule has 0 aromatic heterocycles. The van der Waals surface area contributed by atoms with E-state index in [1.165, 1.54) is 51.4 Å². The molecular formula is C34H38F8O2. The van der Waals surface area contributed by atoms with E-state index in [9.17, 15) is 35.1 Å². The molecule has 0 unspecified atom stereocenters. The first kappa shape index (κ1) is 33.8. The van der Waals surface area contributed by atoms with Gasteiger partial charge in [-0.1, -0.05) is 44.8 Å². The van der Waals surface area contributed by atoms with Crippen molar-refractivity contribution in [2.75, 3.05) is 0 Å². The van der Waals surface area contributed by atoms with Crippen molar-refractivity contribution in [2.24, 2.45) is 17.8 Å². The summed E-state index contributed by atoms with van der Waals surface area (Å²) in [7, 11) is 0. The largest absolute Gasteiger partial charge is 0.453 e. The summed E-state index contributed by atoms with van der Waals surface area (Å²) in [5.74, 6) is -7.20. The molecule has 0 saturated heterocycles. The molecule has 242 valence electrons. The lowest BCUT2D eigenvalue weighted by atomic mass is 9.76. The van der Waals surface area contributed by atoms with Gasteiger partial charge < -0.3 is 9.47 Å². The summed E-state index contributed by atoms with van der Waals surface area (Å²) in [6.07, 6.45) is 10.5. The standard InChI is InChI=1S/C34H38F8O2/c1-2-3-4-5-21-6-8-22(9-7-21)10-11-23-12-14-24(15-13-23)25-16-27(35)32(28(36)17-25)34(41,42)44-26-18-29(37)33(30(38)19-26)43-20-31(39)40/h10-11,16-24H,2-9,12-15H2,1H3. The van der Waals surface area contributed by atoms with Crippen LogP contribution in [0.5, 0.6) is 11.5 Å². The lowest BCUT2D eigenvalue weighted by molar-refractivity contribution is -0.189. The monoisotopic (exact) mass is 630 g/mol. The molecule has 0 radical (unpaired) electrons. The minimum atomic E-state index is -4.64. The minimum Gasteiger partial charge on any atom is -0.453 e. The Hall–Kier alpha value is -3.04. The van der Waals surface area contributed by atoms with Crippen LogP contribution in [0.2, 0.25) is 0 Å². The summed E-state index contributed by atoms with van der Waals surface area (Å²) in [6.45, 7) is 2.22. The van der Waals surface area contributed by atoms with E-state index < -0.39 is 52.5 Å². The van der Waals surface area contributed by atoms with Crippen LogP contribution in [0, 0.1) is 41.0 Å². The fourth-order valence-electron chi connectivity index (χ4n) is 6.43. The van der Waals surface area contributed by atoms with Gasteiger partial charge in [-0.05, 0) is 92.7 Å². The molecule has 44 heavy (non-hydrogen) atoms. The SMILES string of the molecule is CCCCCC1CCC(C=CC2CCC(c3cc(F)c(C(F)(F)Oc4cc(F)c(OC=C(F)F)c(F)c4)c(F)c3)CC2)CC1. The van der Waals surface area contributed by atoms with Crippen molar-refractivity contribution in [3.05, 3.63) is 83.2 Å². The van der Waals surface area contributed by atoms with Crippen molar-refractivity contribution in [3.63, 3.8) is 0 Å². The van der Waals surface area contributed by atoms with Crippen molar-refractivity contribution >= 4 is 0 Å². The molecule has 2 aliphatic rings. The molecule has 2 saturated carbocycles. The smallest absolute Gasteiger partial charge is 0.432 e. The fourth-order valence-corrected chi connectivity index (χ4v) is 6.43. The highest BCUT2D eigenvalue weighted by molar-refractivity contribution is 5.37. The van der Waals surface area contributed by atoms with E-state index in [4.69, 9.17) is 0 Å². The highest BCUT2D eigenvalue weighted by atomic mass is 19.3. The Kier molecular flexibility index (Phi) is 11.8. The number of allylic oxidation sites excluding steroid dienone is 2. The summed E-state index contributed by atoms with van der Waals surface area (Å²) < 4.78 is 120. The highest BCUT2D eigenvalue weighted by Crippen LogP contribution is 2.42. The second-order valence-corrected chi connectivity index (χ2v) is 12.0. The Morgan fingerprint density at radius 2 is 1.32 bits per heavy atom. The summed E-state index contributed by atoms with van der Waals surface area (Å²) in [6, 6.07) is 2.16. The van der Waals surface area contributed by atoms with E-state index in [0.29, 0.717) is 24.7 Å². The van der Waals surface area contributed by atoms with Crippen LogP contribution in [0.4, 0.5) is 35.1 Å². The van der Waals surface area contributed by atoms with Crippen molar-refractivity contribution < 1.29 is 44.6 Å². The van der Waals surface area contributed by atoms with Crippen LogP contribution < -0.4 is 9.47 Å².